The van der Waals surface area contributed by atoms with E-state index in [4.69, 9.17) is 5.11 Å². The number of aliphatic carboxylic acids is 1. The second-order valence-corrected chi connectivity index (χ2v) is 8.01. The largest absolute Gasteiger partial charge is 0.480 e. The minimum absolute atomic E-state index is 0.0143. The van der Waals surface area contributed by atoms with E-state index in [0.717, 1.165) is 32.2 Å². The summed E-state index contributed by atoms with van der Waals surface area (Å²) < 4.78 is 0. The molecule has 2 fully saturated rings. The molecule has 6 nitrogen and oxygen atoms in total. The number of nitrogens with zero attached hydrogens (tertiary/aromatic N) is 2. The van der Waals surface area contributed by atoms with Crippen LogP contribution in [0.25, 0.3) is 0 Å². The summed E-state index contributed by atoms with van der Waals surface area (Å²) in [5.41, 5.74) is 3.69. The SMILES string of the molecule is CCN(CC(=O)O)C1CC(NC(=O)N(Cc2ccc(C)c(C)c2)C2CC2)C1. The smallest absolute Gasteiger partial charge is 0.318 e. The van der Waals surface area contributed by atoms with Gasteiger partial charge >= 0.3 is 12.0 Å². The van der Waals surface area contributed by atoms with E-state index in [2.05, 4.69) is 37.4 Å². The second-order valence-electron chi connectivity index (χ2n) is 8.01. The monoisotopic (exact) mass is 373 g/mol. The lowest BCUT2D eigenvalue weighted by molar-refractivity contribution is -0.139. The van der Waals surface area contributed by atoms with Gasteiger partial charge < -0.3 is 15.3 Å². The van der Waals surface area contributed by atoms with E-state index >= 15 is 0 Å². The van der Waals surface area contributed by atoms with Crippen molar-refractivity contribution < 1.29 is 14.7 Å². The van der Waals surface area contributed by atoms with Gasteiger partial charge in [0, 0.05) is 24.7 Å². The van der Waals surface area contributed by atoms with Gasteiger partial charge in [-0.1, -0.05) is 25.1 Å². The molecule has 2 N–H and O–H groups in total. The number of hydrogen-bond donors (Lipinski definition) is 2. The van der Waals surface area contributed by atoms with Gasteiger partial charge in [0.1, 0.15) is 0 Å². The minimum Gasteiger partial charge on any atom is -0.480 e. The highest BCUT2D eigenvalue weighted by atomic mass is 16.4. The van der Waals surface area contributed by atoms with Crippen molar-refractivity contribution >= 4 is 12.0 Å². The third-order valence-electron chi connectivity index (χ3n) is 5.87. The van der Waals surface area contributed by atoms with E-state index in [1.54, 1.807) is 0 Å². The number of benzene rings is 1. The number of likely N-dealkylation sites (N-methyl/N-ethyl adjacent to an activating group) is 1. The zero-order chi connectivity index (χ0) is 19.6. The number of rotatable bonds is 8. The first kappa shape index (κ1) is 19.7. The predicted molar refractivity (Wildman–Crippen MR) is 105 cm³/mol. The average Bonchev–Trinajstić information content (AvgIpc) is 3.41. The molecule has 1 aromatic carbocycles. The molecule has 2 amide bonds. The van der Waals surface area contributed by atoms with E-state index in [1.165, 1.54) is 16.7 Å². The van der Waals surface area contributed by atoms with Gasteiger partial charge in [-0.05, 0) is 62.8 Å². The Morgan fingerprint density at radius 1 is 1.15 bits per heavy atom. The molecule has 0 radical (unpaired) electrons. The van der Waals surface area contributed by atoms with E-state index < -0.39 is 5.97 Å². The van der Waals surface area contributed by atoms with Gasteiger partial charge in [-0.25, -0.2) is 4.79 Å². The van der Waals surface area contributed by atoms with Gasteiger partial charge in [0.05, 0.1) is 6.54 Å². The third kappa shape index (κ3) is 5.01. The van der Waals surface area contributed by atoms with Gasteiger partial charge in [-0.15, -0.1) is 0 Å². The molecule has 3 rings (SSSR count). The number of carbonyl (C=O) groups excluding carboxylic acids is 1. The van der Waals surface area contributed by atoms with E-state index in [-0.39, 0.29) is 24.7 Å². The Morgan fingerprint density at radius 2 is 1.85 bits per heavy atom. The number of carboxylic acid groups (broad SMARTS) is 1. The molecule has 0 aromatic heterocycles. The standard InChI is InChI=1S/C21H31N3O3/c1-4-23(13-20(25)26)19-10-17(11-19)22-21(27)24(18-7-8-18)12-16-6-5-14(2)15(3)9-16/h5-6,9,17-19H,4,7-8,10-13H2,1-3H3,(H,22,27)(H,25,26). The van der Waals surface area contributed by atoms with Crippen LogP contribution in [0.2, 0.25) is 0 Å². The lowest BCUT2D eigenvalue weighted by Gasteiger charge is -2.42. The molecule has 148 valence electrons. The first-order valence-electron chi connectivity index (χ1n) is 9.96. The summed E-state index contributed by atoms with van der Waals surface area (Å²) in [4.78, 5) is 27.7. The molecule has 0 heterocycles. The number of amides is 2. The third-order valence-corrected chi connectivity index (χ3v) is 5.87. The Balaban J connectivity index is 1.53. The van der Waals surface area contributed by atoms with Crippen LogP contribution >= 0.6 is 0 Å². The normalized spacial score (nSPS) is 21.6. The lowest BCUT2D eigenvalue weighted by atomic mass is 9.85. The van der Waals surface area contributed by atoms with Crippen molar-refractivity contribution in [2.45, 2.75) is 71.1 Å². The van der Waals surface area contributed by atoms with Crippen molar-refractivity contribution in [3.05, 3.63) is 34.9 Å². The predicted octanol–water partition coefficient (Wildman–Crippen LogP) is 2.91. The van der Waals surface area contributed by atoms with Crippen molar-refractivity contribution in [2.24, 2.45) is 0 Å². The highest BCUT2D eigenvalue weighted by Crippen LogP contribution is 2.30. The van der Waals surface area contributed by atoms with Crippen molar-refractivity contribution in [1.29, 1.82) is 0 Å². The summed E-state index contributed by atoms with van der Waals surface area (Å²) in [6.45, 7) is 7.62. The highest BCUT2D eigenvalue weighted by Gasteiger charge is 2.38. The molecule has 6 heteroatoms. The van der Waals surface area contributed by atoms with Gasteiger partial charge in [0.15, 0.2) is 0 Å². The van der Waals surface area contributed by atoms with Gasteiger partial charge in [-0.2, -0.15) is 0 Å². The summed E-state index contributed by atoms with van der Waals surface area (Å²) in [6.07, 6.45) is 3.81. The summed E-state index contributed by atoms with van der Waals surface area (Å²) in [5, 5.41) is 12.2. The molecule has 2 saturated carbocycles. The lowest BCUT2D eigenvalue weighted by Crippen LogP contribution is -2.57. The molecular formula is C21H31N3O3. The Morgan fingerprint density at radius 3 is 2.41 bits per heavy atom. The Kier molecular flexibility index (Phi) is 6.05. The first-order valence-corrected chi connectivity index (χ1v) is 9.96. The van der Waals surface area contributed by atoms with Crippen molar-refractivity contribution in [3.8, 4) is 0 Å². The highest BCUT2D eigenvalue weighted by molar-refractivity contribution is 5.75. The Labute approximate surface area is 161 Å². The first-order chi connectivity index (χ1) is 12.9. The van der Waals surface area contributed by atoms with Gasteiger partial charge in [0.25, 0.3) is 0 Å². The Hall–Kier alpha value is -2.08. The van der Waals surface area contributed by atoms with Crippen molar-refractivity contribution in [2.75, 3.05) is 13.1 Å². The molecule has 0 aliphatic heterocycles. The van der Waals surface area contributed by atoms with Crippen LogP contribution in [-0.2, 0) is 11.3 Å². The zero-order valence-electron chi connectivity index (χ0n) is 16.6. The number of carbonyl (C=O) groups is 2. The fourth-order valence-corrected chi connectivity index (χ4v) is 3.79. The number of carboxylic acids is 1. The molecule has 27 heavy (non-hydrogen) atoms. The summed E-state index contributed by atoms with van der Waals surface area (Å²) in [5.74, 6) is -0.794. The number of aryl methyl sites for hydroxylation is 2. The summed E-state index contributed by atoms with van der Waals surface area (Å²) in [6, 6.07) is 7.16. The van der Waals surface area contributed by atoms with Gasteiger partial charge in [0.2, 0.25) is 0 Å². The molecule has 0 unspecified atom stereocenters. The van der Waals surface area contributed by atoms with Crippen LogP contribution < -0.4 is 5.32 Å². The molecule has 0 spiro atoms. The molecule has 2 aliphatic carbocycles. The van der Waals surface area contributed by atoms with Crippen LogP contribution in [0.3, 0.4) is 0 Å². The average molecular weight is 373 g/mol. The maximum Gasteiger partial charge on any atom is 0.318 e. The molecule has 2 aliphatic rings. The maximum absolute atomic E-state index is 12.8. The molecule has 0 bridgehead atoms. The maximum atomic E-state index is 12.8. The summed E-state index contributed by atoms with van der Waals surface area (Å²) >= 11 is 0. The molecule has 1 aromatic rings. The van der Waals surface area contributed by atoms with Gasteiger partial charge in [-0.3, -0.25) is 9.69 Å². The zero-order valence-corrected chi connectivity index (χ0v) is 16.6. The topological polar surface area (TPSA) is 72.9 Å². The quantitative estimate of drug-likeness (QED) is 0.735. The number of nitrogens with one attached hydrogen (secondary N) is 1. The fourth-order valence-electron chi connectivity index (χ4n) is 3.79. The van der Waals surface area contributed by atoms with Crippen LogP contribution in [-0.4, -0.2) is 58.1 Å². The second kappa shape index (κ2) is 8.30. The van der Waals surface area contributed by atoms with Crippen molar-refractivity contribution in [1.82, 2.24) is 15.1 Å². The van der Waals surface area contributed by atoms with Crippen LogP contribution in [0.5, 0.6) is 0 Å². The fraction of sp³-hybridized carbons (Fsp3) is 0.619. The van der Waals surface area contributed by atoms with Crippen LogP contribution in [0.4, 0.5) is 4.79 Å². The van der Waals surface area contributed by atoms with E-state index in [0.29, 0.717) is 12.6 Å². The van der Waals surface area contributed by atoms with Crippen LogP contribution in [0, 0.1) is 13.8 Å². The summed E-state index contributed by atoms with van der Waals surface area (Å²) in [7, 11) is 0. The Bertz CT molecular complexity index is 696. The van der Waals surface area contributed by atoms with Crippen molar-refractivity contribution in [3.63, 3.8) is 0 Å². The number of hydrogen-bond acceptors (Lipinski definition) is 3. The molecule has 0 saturated heterocycles. The van der Waals surface area contributed by atoms with Crippen LogP contribution in [0.1, 0.15) is 49.3 Å². The number of urea groups is 1. The molecule has 0 atom stereocenters. The molecular weight excluding hydrogens is 342 g/mol. The van der Waals surface area contributed by atoms with E-state index in [1.807, 2.05) is 16.7 Å². The minimum atomic E-state index is -0.794. The van der Waals surface area contributed by atoms with Crippen LogP contribution in [0.15, 0.2) is 18.2 Å². The van der Waals surface area contributed by atoms with E-state index in [9.17, 15) is 9.59 Å².